The van der Waals surface area contributed by atoms with E-state index in [-0.39, 0.29) is 5.91 Å². The van der Waals surface area contributed by atoms with Gasteiger partial charge in [0.05, 0.1) is 6.42 Å². The van der Waals surface area contributed by atoms with Gasteiger partial charge in [-0.1, -0.05) is 48.9 Å². The van der Waals surface area contributed by atoms with E-state index in [0.29, 0.717) is 18.4 Å². The average Bonchev–Trinajstić information content (AvgIpc) is 3.17. The summed E-state index contributed by atoms with van der Waals surface area (Å²) < 4.78 is 0. The topological polar surface area (TPSA) is 29.1 Å². The van der Waals surface area contributed by atoms with Gasteiger partial charge in [0.15, 0.2) is 0 Å². The molecule has 2 aliphatic rings. The van der Waals surface area contributed by atoms with E-state index < -0.39 is 0 Å². The van der Waals surface area contributed by atoms with Crippen molar-refractivity contribution in [3.05, 3.63) is 48.0 Å². The van der Waals surface area contributed by atoms with Gasteiger partial charge in [-0.25, -0.2) is 0 Å². The second kappa shape index (κ2) is 5.99. The lowest BCUT2D eigenvalue weighted by Gasteiger charge is -2.28. The predicted octanol–water partition coefficient (Wildman–Crippen LogP) is 4.32. The number of nitrogens with one attached hydrogen (secondary N) is 1. The highest BCUT2D eigenvalue weighted by molar-refractivity contribution is 5.85. The smallest absolute Gasteiger partial charge is 0.224 e. The van der Waals surface area contributed by atoms with Crippen LogP contribution in [0, 0.1) is 17.8 Å². The van der Waals surface area contributed by atoms with Crippen molar-refractivity contribution in [1.82, 2.24) is 5.32 Å². The quantitative estimate of drug-likeness (QED) is 0.895. The Morgan fingerprint density at radius 3 is 2.70 bits per heavy atom. The summed E-state index contributed by atoms with van der Waals surface area (Å²) in [5, 5.41) is 5.70. The molecule has 2 bridgehead atoms. The molecule has 2 aromatic carbocycles. The average molecular weight is 307 g/mol. The largest absolute Gasteiger partial charge is 0.353 e. The van der Waals surface area contributed by atoms with Gasteiger partial charge in [0, 0.05) is 6.04 Å². The minimum Gasteiger partial charge on any atom is -0.353 e. The van der Waals surface area contributed by atoms with Crippen LogP contribution in [-0.2, 0) is 11.2 Å². The molecule has 2 aliphatic carbocycles. The van der Waals surface area contributed by atoms with Gasteiger partial charge in [0.1, 0.15) is 0 Å². The predicted molar refractivity (Wildman–Crippen MR) is 94.2 cm³/mol. The summed E-state index contributed by atoms with van der Waals surface area (Å²) in [5.41, 5.74) is 1.10. The fourth-order valence-electron chi connectivity index (χ4n) is 4.85. The number of hydrogen-bond acceptors (Lipinski definition) is 1. The number of carbonyl (C=O) groups excluding carboxylic acids is 1. The van der Waals surface area contributed by atoms with E-state index in [2.05, 4.69) is 42.6 Å². The number of amides is 1. The van der Waals surface area contributed by atoms with E-state index in [1.807, 2.05) is 12.1 Å². The third kappa shape index (κ3) is 2.99. The Balaban J connectivity index is 1.39. The Morgan fingerprint density at radius 1 is 1.13 bits per heavy atom. The van der Waals surface area contributed by atoms with Crippen LogP contribution in [0.1, 0.15) is 38.2 Å². The first kappa shape index (κ1) is 14.7. The van der Waals surface area contributed by atoms with Gasteiger partial charge in [0.25, 0.3) is 0 Å². The molecule has 0 heterocycles. The molecule has 2 saturated carbocycles. The standard InChI is InChI=1S/C21H25NO/c1-14(20-12-15-7-9-19(20)11-15)22-21(23)13-16-6-8-17-4-2-3-5-18(17)10-16/h2-6,8,10,14-15,19-20H,7,9,11-13H2,1H3,(H,22,23)/t14-,15+,19+,20+/m1/s1. The Morgan fingerprint density at radius 2 is 1.96 bits per heavy atom. The Bertz CT molecular complexity index is 723. The summed E-state index contributed by atoms with van der Waals surface area (Å²) in [6, 6.07) is 14.9. The molecule has 2 aromatic rings. The molecule has 4 rings (SSSR count). The first-order chi connectivity index (χ1) is 11.2. The van der Waals surface area contributed by atoms with E-state index in [4.69, 9.17) is 0 Å². The van der Waals surface area contributed by atoms with Crippen LogP contribution in [0.25, 0.3) is 10.8 Å². The fraction of sp³-hybridized carbons (Fsp3) is 0.476. The monoisotopic (exact) mass is 307 g/mol. The highest BCUT2D eigenvalue weighted by Crippen LogP contribution is 2.49. The Hall–Kier alpha value is -1.83. The SMILES string of the molecule is C[C@@H](NC(=O)Cc1ccc2ccccc2c1)[C@@H]1C[C@H]2CC[C@H]1C2. The summed E-state index contributed by atoms with van der Waals surface area (Å²) >= 11 is 0. The summed E-state index contributed by atoms with van der Waals surface area (Å²) in [5.74, 6) is 2.66. The number of hydrogen-bond donors (Lipinski definition) is 1. The number of benzene rings is 2. The van der Waals surface area contributed by atoms with E-state index in [0.717, 1.165) is 17.4 Å². The molecule has 2 heteroatoms. The van der Waals surface area contributed by atoms with Crippen molar-refractivity contribution in [2.45, 2.75) is 45.1 Å². The van der Waals surface area contributed by atoms with Crippen LogP contribution in [0.4, 0.5) is 0 Å². The van der Waals surface area contributed by atoms with Crippen LogP contribution in [0.15, 0.2) is 42.5 Å². The third-order valence-electron chi connectivity index (χ3n) is 6.00. The summed E-state index contributed by atoms with van der Waals surface area (Å²) in [6.45, 7) is 2.20. The molecule has 2 fully saturated rings. The normalized spacial score (nSPS) is 27.3. The van der Waals surface area contributed by atoms with Crippen molar-refractivity contribution in [1.29, 1.82) is 0 Å². The molecule has 1 amide bonds. The summed E-state index contributed by atoms with van der Waals surface area (Å²) in [6.07, 6.45) is 5.99. The zero-order valence-electron chi connectivity index (χ0n) is 13.8. The van der Waals surface area contributed by atoms with Gasteiger partial charge in [-0.2, -0.15) is 0 Å². The summed E-state index contributed by atoms with van der Waals surface area (Å²) in [7, 11) is 0. The Kier molecular flexibility index (Phi) is 3.84. The maximum Gasteiger partial charge on any atom is 0.224 e. The van der Waals surface area contributed by atoms with E-state index >= 15 is 0 Å². The van der Waals surface area contributed by atoms with E-state index in [1.165, 1.54) is 36.5 Å². The van der Waals surface area contributed by atoms with Crippen LogP contribution in [-0.4, -0.2) is 11.9 Å². The fourth-order valence-corrected chi connectivity index (χ4v) is 4.85. The van der Waals surface area contributed by atoms with Crippen molar-refractivity contribution >= 4 is 16.7 Å². The zero-order valence-corrected chi connectivity index (χ0v) is 13.8. The lowest BCUT2D eigenvalue weighted by atomic mass is 9.84. The molecule has 0 radical (unpaired) electrons. The molecule has 120 valence electrons. The van der Waals surface area contributed by atoms with Crippen LogP contribution >= 0.6 is 0 Å². The van der Waals surface area contributed by atoms with Crippen LogP contribution < -0.4 is 5.32 Å². The highest BCUT2D eigenvalue weighted by atomic mass is 16.1. The van der Waals surface area contributed by atoms with Crippen LogP contribution in [0.2, 0.25) is 0 Å². The minimum absolute atomic E-state index is 0.163. The van der Waals surface area contributed by atoms with Gasteiger partial charge in [-0.15, -0.1) is 0 Å². The number of fused-ring (bicyclic) bond motifs is 3. The molecule has 0 aromatic heterocycles. The first-order valence-corrected chi connectivity index (χ1v) is 8.96. The molecule has 4 atom stereocenters. The molecule has 0 unspecified atom stereocenters. The first-order valence-electron chi connectivity index (χ1n) is 8.96. The molecular formula is C21H25NO. The van der Waals surface area contributed by atoms with Gasteiger partial charge in [-0.05, 0) is 60.3 Å². The molecule has 23 heavy (non-hydrogen) atoms. The minimum atomic E-state index is 0.163. The second-order valence-electron chi connectivity index (χ2n) is 7.55. The van der Waals surface area contributed by atoms with Gasteiger partial charge in [0.2, 0.25) is 5.91 Å². The molecule has 1 N–H and O–H groups in total. The lowest BCUT2D eigenvalue weighted by Crippen LogP contribution is -2.40. The zero-order chi connectivity index (χ0) is 15.8. The molecule has 0 spiro atoms. The molecule has 0 aliphatic heterocycles. The number of rotatable bonds is 4. The molecule has 0 saturated heterocycles. The van der Waals surface area contributed by atoms with Gasteiger partial charge >= 0.3 is 0 Å². The maximum atomic E-state index is 12.4. The third-order valence-corrected chi connectivity index (χ3v) is 6.00. The lowest BCUT2D eigenvalue weighted by molar-refractivity contribution is -0.121. The molecule has 2 nitrogen and oxygen atoms in total. The van der Waals surface area contributed by atoms with Crippen LogP contribution in [0.5, 0.6) is 0 Å². The van der Waals surface area contributed by atoms with E-state index in [9.17, 15) is 4.79 Å². The van der Waals surface area contributed by atoms with Gasteiger partial charge in [-0.3, -0.25) is 4.79 Å². The second-order valence-corrected chi connectivity index (χ2v) is 7.55. The van der Waals surface area contributed by atoms with Crippen molar-refractivity contribution in [2.75, 3.05) is 0 Å². The Labute approximate surface area is 138 Å². The number of carbonyl (C=O) groups is 1. The van der Waals surface area contributed by atoms with Gasteiger partial charge < -0.3 is 5.32 Å². The van der Waals surface area contributed by atoms with Crippen molar-refractivity contribution in [3.63, 3.8) is 0 Å². The van der Waals surface area contributed by atoms with Crippen molar-refractivity contribution < 1.29 is 4.79 Å². The van der Waals surface area contributed by atoms with E-state index in [1.54, 1.807) is 0 Å². The summed E-state index contributed by atoms with van der Waals surface area (Å²) in [4.78, 5) is 12.4. The maximum absolute atomic E-state index is 12.4. The van der Waals surface area contributed by atoms with Crippen molar-refractivity contribution in [2.24, 2.45) is 17.8 Å². The van der Waals surface area contributed by atoms with Crippen LogP contribution in [0.3, 0.4) is 0 Å². The molecular weight excluding hydrogens is 282 g/mol. The highest BCUT2D eigenvalue weighted by Gasteiger charge is 2.42. The van der Waals surface area contributed by atoms with Crippen molar-refractivity contribution in [3.8, 4) is 0 Å².